The number of carbonyl (C=O) groups is 1. The van der Waals surface area contributed by atoms with Crippen molar-refractivity contribution in [2.24, 2.45) is 0 Å². The van der Waals surface area contributed by atoms with Gasteiger partial charge >= 0.3 is 5.97 Å². The van der Waals surface area contributed by atoms with E-state index in [0.717, 1.165) is 19.3 Å². The van der Waals surface area contributed by atoms with Crippen molar-refractivity contribution in [3.05, 3.63) is 25.0 Å². The summed E-state index contributed by atoms with van der Waals surface area (Å²) in [5.41, 5.74) is 0. The lowest BCUT2D eigenvalue weighted by Crippen LogP contribution is -1.99. The molecule has 0 bridgehead atoms. The molecular formula is C17H30O3. The fraction of sp³-hybridized carbons (Fsp3) is 0.706. The molecule has 3 heteroatoms. The highest BCUT2D eigenvalue weighted by Crippen LogP contribution is 2.11. The summed E-state index contributed by atoms with van der Waals surface area (Å²) in [6, 6.07) is 0. The molecule has 0 aliphatic rings. The molecular weight excluding hydrogens is 252 g/mol. The van der Waals surface area contributed by atoms with Crippen LogP contribution in [0.3, 0.4) is 0 Å². The van der Waals surface area contributed by atoms with Crippen LogP contribution in [-0.4, -0.2) is 17.7 Å². The summed E-state index contributed by atoms with van der Waals surface area (Å²) in [6.45, 7) is 3.63. The molecule has 0 saturated carbocycles. The van der Waals surface area contributed by atoms with Crippen LogP contribution in [0.1, 0.15) is 70.6 Å². The van der Waals surface area contributed by atoms with Crippen LogP contribution < -0.4 is 0 Å². The number of rotatable bonds is 14. The van der Waals surface area contributed by atoms with Gasteiger partial charge in [0.1, 0.15) is 0 Å². The van der Waals surface area contributed by atoms with E-state index in [1.807, 2.05) is 6.08 Å². The largest absolute Gasteiger partial charge is 0.435 e. The first-order valence-electron chi connectivity index (χ1n) is 7.87. The van der Waals surface area contributed by atoms with Crippen molar-refractivity contribution < 1.29 is 14.6 Å². The maximum absolute atomic E-state index is 11.2. The van der Waals surface area contributed by atoms with E-state index >= 15 is 0 Å². The minimum absolute atomic E-state index is 0.0964. The molecule has 20 heavy (non-hydrogen) atoms. The van der Waals surface area contributed by atoms with Gasteiger partial charge in [0, 0.05) is 6.42 Å². The lowest BCUT2D eigenvalue weighted by molar-refractivity contribution is -0.138. The fourth-order valence-corrected chi connectivity index (χ4v) is 2.02. The van der Waals surface area contributed by atoms with Gasteiger partial charge < -0.3 is 9.84 Å². The van der Waals surface area contributed by atoms with E-state index in [4.69, 9.17) is 9.84 Å². The van der Waals surface area contributed by atoms with Gasteiger partial charge in [-0.3, -0.25) is 4.79 Å². The van der Waals surface area contributed by atoms with E-state index < -0.39 is 0 Å². The van der Waals surface area contributed by atoms with Gasteiger partial charge in [-0.05, 0) is 25.3 Å². The summed E-state index contributed by atoms with van der Waals surface area (Å²) in [6.07, 6.45) is 17.3. The molecule has 0 aliphatic carbocycles. The molecule has 0 aliphatic heterocycles. The third-order valence-electron chi connectivity index (χ3n) is 3.19. The van der Waals surface area contributed by atoms with Crippen molar-refractivity contribution in [2.75, 3.05) is 6.61 Å². The Labute approximate surface area is 123 Å². The zero-order valence-corrected chi connectivity index (χ0v) is 12.7. The second-order valence-corrected chi connectivity index (χ2v) is 5.05. The van der Waals surface area contributed by atoms with Crippen LogP contribution in [0.25, 0.3) is 0 Å². The van der Waals surface area contributed by atoms with E-state index in [2.05, 4.69) is 6.58 Å². The number of hydrogen-bond donors (Lipinski definition) is 1. The molecule has 0 unspecified atom stereocenters. The van der Waals surface area contributed by atoms with Crippen molar-refractivity contribution in [1.82, 2.24) is 0 Å². The maximum atomic E-state index is 11.2. The van der Waals surface area contributed by atoms with Gasteiger partial charge in [0.05, 0.1) is 12.9 Å². The van der Waals surface area contributed by atoms with Gasteiger partial charge in [0.25, 0.3) is 0 Å². The zero-order chi connectivity index (χ0) is 14.9. The molecule has 0 rings (SSSR count). The van der Waals surface area contributed by atoms with Gasteiger partial charge in [-0.1, -0.05) is 51.0 Å². The normalized spacial score (nSPS) is 10.8. The van der Waals surface area contributed by atoms with Gasteiger partial charge in [-0.15, -0.1) is 6.58 Å². The quantitative estimate of drug-likeness (QED) is 0.221. The van der Waals surface area contributed by atoms with E-state index in [9.17, 15) is 4.79 Å². The number of aliphatic hydroxyl groups is 1. The second-order valence-electron chi connectivity index (χ2n) is 5.05. The first-order chi connectivity index (χ1) is 9.81. The monoisotopic (exact) mass is 282 g/mol. The van der Waals surface area contributed by atoms with Crippen LogP contribution in [-0.2, 0) is 9.53 Å². The van der Waals surface area contributed by atoms with Crippen molar-refractivity contribution >= 4 is 5.97 Å². The van der Waals surface area contributed by atoms with Crippen molar-refractivity contribution in [1.29, 1.82) is 0 Å². The van der Waals surface area contributed by atoms with Crippen molar-refractivity contribution in [2.45, 2.75) is 70.6 Å². The van der Waals surface area contributed by atoms with Gasteiger partial charge in [-0.2, -0.15) is 0 Å². The Morgan fingerprint density at radius 1 is 0.950 bits per heavy atom. The van der Waals surface area contributed by atoms with Crippen LogP contribution in [0, 0.1) is 0 Å². The standard InChI is InChI=1S/C17H30O3/c1-2-3-4-5-6-7-8-9-10-11-12-14-17(19)20-16-13-15-18/h2,13,16,18H,1,3-12,14-15H2. The summed E-state index contributed by atoms with van der Waals surface area (Å²) < 4.78 is 4.79. The zero-order valence-electron chi connectivity index (χ0n) is 12.7. The SMILES string of the molecule is C=CCCCCCCCCCCCC(=O)OC=CCO. The van der Waals surface area contributed by atoms with E-state index in [-0.39, 0.29) is 12.6 Å². The number of hydrogen-bond acceptors (Lipinski definition) is 3. The van der Waals surface area contributed by atoms with Crippen LogP contribution in [0.15, 0.2) is 25.0 Å². The number of esters is 1. The molecule has 0 atom stereocenters. The predicted octanol–water partition coefficient (Wildman–Crippen LogP) is 4.51. The Kier molecular flexibility index (Phi) is 15.1. The maximum Gasteiger partial charge on any atom is 0.310 e. The minimum Gasteiger partial charge on any atom is -0.435 e. The average Bonchev–Trinajstić information content (AvgIpc) is 2.45. The Hall–Kier alpha value is -1.09. The molecule has 1 N–H and O–H groups in total. The fourth-order valence-electron chi connectivity index (χ4n) is 2.02. The third kappa shape index (κ3) is 15.0. The van der Waals surface area contributed by atoms with Crippen molar-refractivity contribution in [3.8, 4) is 0 Å². The lowest BCUT2D eigenvalue weighted by Gasteiger charge is -2.02. The number of allylic oxidation sites excluding steroid dienone is 1. The highest BCUT2D eigenvalue weighted by Gasteiger charge is 2.00. The highest BCUT2D eigenvalue weighted by molar-refractivity contribution is 5.69. The van der Waals surface area contributed by atoms with E-state index in [1.165, 1.54) is 57.3 Å². The second kappa shape index (κ2) is 16.0. The van der Waals surface area contributed by atoms with Crippen LogP contribution in [0.2, 0.25) is 0 Å². The Morgan fingerprint density at radius 2 is 1.50 bits per heavy atom. The van der Waals surface area contributed by atoms with Crippen LogP contribution in [0.4, 0.5) is 0 Å². The molecule has 0 aromatic heterocycles. The molecule has 0 heterocycles. The molecule has 0 aromatic carbocycles. The predicted molar refractivity (Wildman–Crippen MR) is 83.3 cm³/mol. The van der Waals surface area contributed by atoms with Crippen LogP contribution >= 0.6 is 0 Å². The summed E-state index contributed by atoms with van der Waals surface area (Å²) in [5, 5.41) is 8.47. The average molecular weight is 282 g/mol. The Bertz CT molecular complexity index is 259. The summed E-state index contributed by atoms with van der Waals surface area (Å²) >= 11 is 0. The molecule has 0 saturated heterocycles. The minimum atomic E-state index is -0.211. The van der Waals surface area contributed by atoms with E-state index in [0.29, 0.717) is 6.42 Å². The molecule has 0 aromatic rings. The molecule has 0 fully saturated rings. The Morgan fingerprint density at radius 3 is 2.05 bits per heavy atom. The molecule has 3 nitrogen and oxygen atoms in total. The lowest BCUT2D eigenvalue weighted by atomic mass is 10.1. The van der Waals surface area contributed by atoms with Gasteiger partial charge in [-0.25, -0.2) is 0 Å². The highest BCUT2D eigenvalue weighted by atomic mass is 16.5. The molecule has 116 valence electrons. The third-order valence-corrected chi connectivity index (χ3v) is 3.19. The molecule has 0 spiro atoms. The van der Waals surface area contributed by atoms with E-state index in [1.54, 1.807) is 0 Å². The van der Waals surface area contributed by atoms with Gasteiger partial charge in [0.15, 0.2) is 0 Å². The first-order valence-corrected chi connectivity index (χ1v) is 7.87. The summed E-state index contributed by atoms with van der Waals surface area (Å²) in [7, 11) is 0. The number of unbranched alkanes of at least 4 members (excludes halogenated alkanes) is 9. The smallest absolute Gasteiger partial charge is 0.310 e. The number of aliphatic hydroxyl groups excluding tert-OH is 1. The molecule has 0 amide bonds. The number of carbonyl (C=O) groups excluding carboxylic acids is 1. The first kappa shape index (κ1) is 18.9. The summed E-state index contributed by atoms with van der Waals surface area (Å²) in [5.74, 6) is -0.211. The topological polar surface area (TPSA) is 46.5 Å². The molecule has 0 radical (unpaired) electrons. The summed E-state index contributed by atoms with van der Waals surface area (Å²) in [4.78, 5) is 11.2. The van der Waals surface area contributed by atoms with Crippen LogP contribution in [0.5, 0.6) is 0 Å². The van der Waals surface area contributed by atoms with Crippen molar-refractivity contribution in [3.63, 3.8) is 0 Å². The number of ether oxygens (including phenoxy) is 1. The van der Waals surface area contributed by atoms with Gasteiger partial charge in [0.2, 0.25) is 0 Å². The Balaban J connectivity index is 3.14.